The number of aromatic hydroxyl groups is 1. The molecule has 2 rings (SSSR count). The molecule has 0 atom stereocenters. The number of thiocarbonyl (C=S) groups is 1. The average molecular weight is 306 g/mol. The number of phenolic OH excluding ortho intramolecular Hbond substituents is 1. The van der Waals surface area contributed by atoms with Crippen LogP contribution < -0.4 is 11.1 Å². The molecule has 0 unspecified atom stereocenters. The van der Waals surface area contributed by atoms with Crippen LogP contribution >= 0.6 is 23.8 Å². The molecule has 0 aliphatic carbocycles. The van der Waals surface area contributed by atoms with E-state index >= 15 is 0 Å². The van der Waals surface area contributed by atoms with Gasteiger partial charge in [0, 0.05) is 22.5 Å². The molecule has 102 valence electrons. The van der Waals surface area contributed by atoms with Crippen LogP contribution in [0.2, 0.25) is 5.02 Å². The van der Waals surface area contributed by atoms with E-state index in [1.807, 2.05) is 12.1 Å². The Labute approximate surface area is 126 Å². The predicted molar refractivity (Wildman–Crippen MR) is 87.2 cm³/mol. The van der Waals surface area contributed by atoms with E-state index in [1.165, 1.54) is 6.07 Å². The summed E-state index contributed by atoms with van der Waals surface area (Å²) < 4.78 is 0. The number of rotatable bonds is 3. The van der Waals surface area contributed by atoms with Gasteiger partial charge in [0.1, 0.15) is 5.75 Å². The van der Waals surface area contributed by atoms with Crippen molar-refractivity contribution in [2.75, 3.05) is 5.32 Å². The van der Waals surface area contributed by atoms with Crippen LogP contribution in [0, 0.1) is 0 Å². The van der Waals surface area contributed by atoms with E-state index in [0.717, 1.165) is 11.4 Å². The molecule has 0 aliphatic heterocycles. The number of benzene rings is 2. The van der Waals surface area contributed by atoms with Crippen molar-refractivity contribution in [3.63, 3.8) is 0 Å². The number of anilines is 1. The first kappa shape index (κ1) is 14.3. The van der Waals surface area contributed by atoms with E-state index in [9.17, 15) is 5.11 Å². The van der Waals surface area contributed by atoms with Crippen molar-refractivity contribution in [3.05, 3.63) is 53.1 Å². The van der Waals surface area contributed by atoms with Crippen LogP contribution in [-0.2, 0) is 0 Å². The fourth-order valence-corrected chi connectivity index (χ4v) is 1.84. The highest BCUT2D eigenvalue weighted by Gasteiger charge is 1.99. The maximum absolute atomic E-state index is 9.67. The normalized spacial score (nSPS) is 10.7. The maximum atomic E-state index is 9.67. The van der Waals surface area contributed by atoms with Gasteiger partial charge in [0.2, 0.25) is 0 Å². The van der Waals surface area contributed by atoms with Crippen molar-refractivity contribution < 1.29 is 5.11 Å². The molecule has 0 saturated carbocycles. The maximum Gasteiger partial charge on any atom is 0.168 e. The highest BCUT2D eigenvalue weighted by Crippen LogP contribution is 2.21. The van der Waals surface area contributed by atoms with Crippen LogP contribution in [0.25, 0.3) is 0 Å². The molecule has 6 heteroatoms. The van der Waals surface area contributed by atoms with Crippen molar-refractivity contribution >= 4 is 46.5 Å². The van der Waals surface area contributed by atoms with Gasteiger partial charge in [0.05, 0.1) is 5.69 Å². The number of hydrogen-bond acceptors (Lipinski definition) is 3. The summed E-state index contributed by atoms with van der Waals surface area (Å²) in [6.45, 7) is 0. The van der Waals surface area contributed by atoms with E-state index in [-0.39, 0.29) is 10.9 Å². The molecule has 0 aromatic heterocycles. The second-order valence-corrected chi connectivity index (χ2v) is 4.87. The van der Waals surface area contributed by atoms with Crippen molar-refractivity contribution in [1.82, 2.24) is 0 Å². The summed E-state index contributed by atoms with van der Waals surface area (Å²) in [5.41, 5.74) is 7.46. The molecule has 2 aromatic carbocycles. The standard InChI is InChI=1S/C14H12ClN3OS/c15-10-1-6-13(19)9(7-10)8-17-11-2-4-12(5-3-11)18-14(16)20/h1-8,19H,(H3,16,18,20). The lowest BCUT2D eigenvalue weighted by molar-refractivity contribution is 0.474. The van der Waals surface area contributed by atoms with Gasteiger partial charge in [-0.15, -0.1) is 0 Å². The van der Waals surface area contributed by atoms with Crippen LogP contribution in [0.1, 0.15) is 5.56 Å². The van der Waals surface area contributed by atoms with Crippen LogP contribution in [0.4, 0.5) is 11.4 Å². The number of halogens is 1. The Balaban J connectivity index is 2.15. The topological polar surface area (TPSA) is 70.6 Å². The fourth-order valence-electron chi connectivity index (χ4n) is 1.55. The molecule has 4 nitrogen and oxygen atoms in total. The summed E-state index contributed by atoms with van der Waals surface area (Å²) in [6.07, 6.45) is 1.55. The van der Waals surface area contributed by atoms with Gasteiger partial charge in [-0.2, -0.15) is 0 Å². The largest absolute Gasteiger partial charge is 0.507 e. The molecule has 0 heterocycles. The van der Waals surface area contributed by atoms with E-state index in [1.54, 1.807) is 30.5 Å². The molecular formula is C14H12ClN3OS. The Morgan fingerprint density at radius 2 is 1.95 bits per heavy atom. The molecule has 0 amide bonds. The Kier molecular flexibility index (Phi) is 4.55. The second kappa shape index (κ2) is 6.36. The molecule has 0 aliphatic rings. The zero-order chi connectivity index (χ0) is 14.5. The minimum Gasteiger partial charge on any atom is -0.507 e. The van der Waals surface area contributed by atoms with E-state index < -0.39 is 0 Å². The molecule has 20 heavy (non-hydrogen) atoms. The number of nitrogens with two attached hydrogens (primary N) is 1. The predicted octanol–water partition coefficient (Wildman–Crippen LogP) is 3.45. The van der Waals surface area contributed by atoms with Gasteiger partial charge in [0.15, 0.2) is 5.11 Å². The van der Waals surface area contributed by atoms with Gasteiger partial charge in [-0.1, -0.05) is 11.6 Å². The third kappa shape index (κ3) is 3.94. The van der Waals surface area contributed by atoms with Crippen molar-refractivity contribution in [1.29, 1.82) is 0 Å². The second-order valence-electron chi connectivity index (χ2n) is 4.00. The lowest BCUT2D eigenvalue weighted by Crippen LogP contribution is -2.18. The zero-order valence-electron chi connectivity index (χ0n) is 10.4. The lowest BCUT2D eigenvalue weighted by atomic mass is 10.2. The van der Waals surface area contributed by atoms with Crippen LogP contribution in [0.3, 0.4) is 0 Å². The first-order valence-electron chi connectivity index (χ1n) is 5.74. The molecule has 0 radical (unpaired) electrons. The summed E-state index contributed by atoms with van der Waals surface area (Å²) in [4.78, 5) is 4.26. The third-order valence-electron chi connectivity index (χ3n) is 2.48. The van der Waals surface area contributed by atoms with Gasteiger partial charge in [-0.05, 0) is 54.7 Å². The SMILES string of the molecule is NC(=S)Nc1ccc(N=Cc2cc(Cl)ccc2O)cc1. The third-order valence-corrected chi connectivity index (χ3v) is 2.81. The van der Waals surface area contributed by atoms with E-state index in [4.69, 9.17) is 29.6 Å². The zero-order valence-corrected chi connectivity index (χ0v) is 11.9. The van der Waals surface area contributed by atoms with Crippen molar-refractivity contribution in [2.24, 2.45) is 10.7 Å². The van der Waals surface area contributed by atoms with Crippen LogP contribution in [-0.4, -0.2) is 16.4 Å². The van der Waals surface area contributed by atoms with Gasteiger partial charge in [0.25, 0.3) is 0 Å². The summed E-state index contributed by atoms with van der Waals surface area (Å²) >= 11 is 10.6. The quantitative estimate of drug-likeness (QED) is 0.600. The first-order chi connectivity index (χ1) is 9.54. The monoisotopic (exact) mass is 305 g/mol. The molecule has 2 aromatic rings. The number of nitrogens with one attached hydrogen (secondary N) is 1. The van der Waals surface area contributed by atoms with E-state index in [0.29, 0.717) is 10.6 Å². The summed E-state index contributed by atoms with van der Waals surface area (Å²) in [6, 6.07) is 12.0. The Bertz CT molecular complexity index is 656. The lowest BCUT2D eigenvalue weighted by Gasteiger charge is -2.03. The summed E-state index contributed by atoms with van der Waals surface area (Å²) in [5.74, 6) is 0.130. The van der Waals surface area contributed by atoms with Gasteiger partial charge < -0.3 is 16.2 Å². The minimum atomic E-state index is 0.130. The van der Waals surface area contributed by atoms with Crippen molar-refractivity contribution in [3.8, 4) is 5.75 Å². The number of nitrogens with zero attached hydrogens (tertiary/aromatic N) is 1. The molecule has 0 bridgehead atoms. The van der Waals surface area contributed by atoms with Gasteiger partial charge >= 0.3 is 0 Å². The smallest absolute Gasteiger partial charge is 0.168 e. The molecule has 0 spiro atoms. The number of aliphatic imine (C=N–C) groups is 1. The molecule has 4 N–H and O–H groups in total. The molecular weight excluding hydrogens is 294 g/mol. The average Bonchev–Trinajstić information content (AvgIpc) is 2.41. The Hall–Kier alpha value is -2.11. The highest BCUT2D eigenvalue weighted by molar-refractivity contribution is 7.80. The van der Waals surface area contributed by atoms with Crippen LogP contribution in [0.5, 0.6) is 5.75 Å². The van der Waals surface area contributed by atoms with E-state index in [2.05, 4.69) is 10.3 Å². The fraction of sp³-hybridized carbons (Fsp3) is 0. The number of hydrogen-bond donors (Lipinski definition) is 3. The highest BCUT2D eigenvalue weighted by atomic mass is 35.5. The Morgan fingerprint density at radius 1 is 1.25 bits per heavy atom. The Morgan fingerprint density at radius 3 is 2.60 bits per heavy atom. The summed E-state index contributed by atoms with van der Waals surface area (Å²) in [7, 11) is 0. The first-order valence-corrected chi connectivity index (χ1v) is 6.52. The summed E-state index contributed by atoms with van der Waals surface area (Å²) in [5, 5.41) is 13.2. The molecule has 0 fully saturated rings. The van der Waals surface area contributed by atoms with Gasteiger partial charge in [-0.3, -0.25) is 4.99 Å². The molecule has 0 saturated heterocycles. The van der Waals surface area contributed by atoms with Gasteiger partial charge in [-0.25, -0.2) is 0 Å². The van der Waals surface area contributed by atoms with Crippen LogP contribution in [0.15, 0.2) is 47.5 Å². The van der Waals surface area contributed by atoms with Crippen molar-refractivity contribution in [2.45, 2.75) is 0 Å². The number of phenols is 1. The minimum absolute atomic E-state index is 0.130.